The summed E-state index contributed by atoms with van der Waals surface area (Å²) in [5.41, 5.74) is 3.33. The Morgan fingerprint density at radius 1 is 1.11 bits per heavy atom. The first-order valence-electron chi connectivity index (χ1n) is 5.55. The molecule has 0 aliphatic carbocycles. The van der Waals surface area contributed by atoms with Crippen molar-refractivity contribution in [1.82, 2.24) is 0 Å². The third-order valence-corrected chi connectivity index (χ3v) is 3.43. The van der Waals surface area contributed by atoms with E-state index in [1.807, 2.05) is 13.8 Å². The maximum Gasteiger partial charge on any atom is 0.150 e. The average molecular weight is 263 g/mol. The van der Waals surface area contributed by atoms with Crippen molar-refractivity contribution in [3.63, 3.8) is 0 Å². The third kappa shape index (κ3) is 2.16. The number of rotatable bonds is 2. The normalized spacial score (nSPS) is 10.4. The summed E-state index contributed by atoms with van der Waals surface area (Å²) >= 11 is 6.17. The predicted molar refractivity (Wildman–Crippen MR) is 71.7 cm³/mol. The third-order valence-electron chi connectivity index (χ3n) is 2.94. The Bertz CT molecular complexity index is 620. The monoisotopic (exact) mass is 262 g/mol. The standard InChI is InChI=1S/C15H12ClFO/c1-9-3-6-13(17)14(15(9)16)12-5-4-11(8-18)7-10(12)2/h3-8H,1-2H3. The van der Waals surface area contributed by atoms with Crippen molar-refractivity contribution in [1.29, 1.82) is 0 Å². The topological polar surface area (TPSA) is 17.1 Å². The molecule has 0 amide bonds. The number of halogens is 2. The van der Waals surface area contributed by atoms with Crippen molar-refractivity contribution in [2.24, 2.45) is 0 Å². The second kappa shape index (κ2) is 4.91. The Morgan fingerprint density at radius 2 is 1.83 bits per heavy atom. The molecule has 0 fully saturated rings. The van der Waals surface area contributed by atoms with Crippen molar-refractivity contribution in [2.45, 2.75) is 13.8 Å². The molecule has 1 nitrogen and oxygen atoms in total. The number of carbonyl (C=O) groups is 1. The molecule has 0 unspecified atom stereocenters. The Balaban J connectivity index is 2.69. The fourth-order valence-electron chi connectivity index (χ4n) is 1.94. The molecule has 2 aromatic carbocycles. The Kier molecular flexibility index (Phi) is 3.48. The first-order chi connectivity index (χ1) is 8.54. The number of aryl methyl sites for hydroxylation is 2. The Morgan fingerprint density at radius 3 is 2.44 bits per heavy atom. The van der Waals surface area contributed by atoms with Crippen LogP contribution in [0.2, 0.25) is 5.02 Å². The lowest BCUT2D eigenvalue weighted by atomic mass is 9.97. The van der Waals surface area contributed by atoms with Gasteiger partial charge in [-0.1, -0.05) is 29.8 Å². The van der Waals surface area contributed by atoms with Gasteiger partial charge in [-0.2, -0.15) is 0 Å². The summed E-state index contributed by atoms with van der Waals surface area (Å²) < 4.78 is 13.9. The van der Waals surface area contributed by atoms with Crippen LogP contribution in [0.25, 0.3) is 11.1 Å². The Labute approximate surface area is 110 Å². The quantitative estimate of drug-likeness (QED) is 0.724. The summed E-state index contributed by atoms with van der Waals surface area (Å²) in [6.07, 6.45) is 0.769. The van der Waals surface area contributed by atoms with Crippen molar-refractivity contribution in [3.05, 3.63) is 57.9 Å². The van der Waals surface area contributed by atoms with E-state index in [1.54, 1.807) is 24.3 Å². The van der Waals surface area contributed by atoms with Crippen LogP contribution in [0.1, 0.15) is 21.5 Å². The second-order valence-electron chi connectivity index (χ2n) is 4.25. The van der Waals surface area contributed by atoms with E-state index < -0.39 is 0 Å². The molecule has 0 aliphatic rings. The van der Waals surface area contributed by atoms with Gasteiger partial charge in [0.2, 0.25) is 0 Å². The zero-order valence-corrected chi connectivity index (χ0v) is 10.9. The fraction of sp³-hybridized carbons (Fsp3) is 0.133. The molecule has 0 saturated heterocycles. The molecule has 0 N–H and O–H groups in total. The minimum absolute atomic E-state index is 0.354. The molecule has 0 heterocycles. The van der Waals surface area contributed by atoms with Crippen LogP contribution in [0.5, 0.6) is 0 Å². The number of hydrogen-bond donors (Lipinski definition) is 0. The minimum atomic E-state index is -0.354. The van der Waals surface area contributed by atoms with Gasteiger partial charge in [0, 0.05) is 11.1 Å². The highest BCUT2D eigenvalue weighted by atomic mass is 35.5. The van der Waals surface area contributed by atoms with E-state index >= 15 is 0 Å². The second-order valence-corrected chi connectivity index (χ2v) is 4.62. The first-order valence-corrected chi connectivity index (χ1v) is 5.93. The van der Waals surface area contributed by atoms with Crippen molar-refractivity contribution < 1.29 is 9.18 Å². The average Bonchev–Trinajstić information content (AvgIpc) is 2.36. The molecule has 0 aliphatic heterocycles. The maximum absolute atomic E-state index is 13.9. The van der Waals surface area contributed by atoms with Gasteiger partial charge in [0.1, 0.15) is 12.1 Å². The van der Waals surface area contributed by atoms with Gasteiger partial charge in [-0.25, -0.2) is 4.39 Å². The van der Waals surface area contributed by atoms with Crippen molar-refractivity contribution >= 4 is 17.9 Å². The van der Waals surface area contributed by atoms with Gasteiger partial charge in [-0.15, -0.1) is 0 Å². The molecular formula is C15H12ClFO. The van der Waals surface area contributed by atoms with E-state index in [2.05, 4.69) is 0 Å². The van der Waals surface area contributed by atoms with E-state index in [-0.39, 0.29) is 5.82 Å². The summed E-state index contributed by atoms with van der Waals surface area (Å²) in [5.74, 6) is -0.354. The summed E-state index contributed by atoms with van der Waals surface area (Å²) in [5, 5.41) is 0.414. The first kappa shape index (κ1) is 12.8. The van der Waals surface area contributed by atoms with Crippen LogP contribution < -0.4 is 0 Å². The molecule has 2 rings (SSSR count). The maximum atomic E-state index is 13.9. The van der Waals surface area contributed by atoms with Gasteiger partial charge >= 0.3 is 0 Å². The lowest BCUT2D eigenvalue weighted by molar-refractivity contribution is 0.112. The highest BCUT2D eigenvalue weighted by Crippen LogP contribution is 2.35. The number of hydrogen-bond acceptors (Lipinski definition) is 1. The molecule has 92 valence electrons. The minimum Gasteiger partial charge on any atom is -0.298 e. The lowest BCUT2D eigenvalue weighted by Gasteiger charge is -2.11. The van der Waals surface area contributed by atoms with Gasteiger partial charge in [0.15, 0.2) is 0 Å². The van der Waals surface area contributed by atoms with Crippen LogP contribution in [0.3, 0.4) is 0 Å². The Hall–Kier alpha value is -1.67. The molecule has 18 heavy (non-hydrogen) atoms. The zero-order chi connectivity index (χ0) is 13.3. The van der Waals surface area contributed by atoms with Crippen LogP contribution in [0, 0.1) is 19.7 Å². The number of carbonyl (C=O) groups excluding carboxylic acids is 1. The highest BCUT2D eigenvalue weighted by molar-refractivity contribution is 6.34. The largest absolute Gasteiger partial charge is 0.298 e. The summed E-state index contributed by atoms with van der Waals surface area (Å²) in [6, 6.07) is 8.16. The fourth-order valence-corrected chi connectivity index (χ4v) is 2.20. The predicted octanol–water partition coefficient (Wildman–Crippen LogP) is 4.58. The smallest absolute Gasteiger partial charge is 0.150 e. The molecule has 0 atom stereocenters. The molecular weight excluding hydrogens is 251 g/mol. The molecule has 0 saturated carbocycles. The number of benzene rings is 2. The van der Waals surface area contributed by atoms with E-state index in [1.165, 1.54) is 6.07 Å². The van der Waals surface area contributed by atoms with E-state index in [0.717, 1.165) is 17.4 Å². The zero-order valence-electron chi connectivity index (χ0n) is 10.1. The van der Waals surface area contributed by atoms with E-state index in [9.17, 15) is 9.18 Å². The molecule has 0 spiro atoms. The van der Waals surface area contributed by atoms with Crippen molar-refractivity contribution in [3.8, 4) is 11.1 Å². The SMILES string of the molecule is Cc1cc(C=O)ccc1-c1c(F)ccc(C)c1Cl. The van der Waals surface area contributed by atoms with Crippen LogP contribution >= 0.6 is 11.6 Å². The van der Waals surface area contributed by atoms with Gasteiger partial charge < -0.3 is 0 Å². The van der Waals surface area contributed by atoms with Gasteiger partial charge in [-0.05, 0) is 42.7 Å². The van der Waals surface area contributed by atoms with Gasteiger partial charge in [-0.3, -0.25) is 4.79 Å². The lowest BCUT2D eigenvalue weighted by Crippen LogP contribution is -1.93. The molecule has 0 radical (unpaired) electrons. The highest BCUT2D eigenvalue weighted by Gasteiger charge is 2.14. The molecule has 3 heteroatoms. The van der Waals surface area contributed by atoms with Gasteiger partial charge in [0.25, 0.3) is 0 Å². The van der Waals surface area contributed by atoms with Crippen LogP contribution in [-0.2, 0) is 0 Å². The summed E-state index contributed by atoms with van der Waals surface area (Å²) in [6.45, 7) is 3.67. The molecule has 2 aromatic rings. The number of aldehydes is 1. The van der Waals surface area contributed by atoms with Crippen LogP contribution in [0.4, 0.5) is 4.39 Å². The van der Waals surface area contributed by atoms with Crippen LogP contribution in [0.15, 0.2) is 30.3 Å². The van der Waals surface area contributed by atoms with Crippen LogP contribution in [-0.4, -0.2) is 6.29 Å². The van der Waals surface area contributed by atoms with Gasteiger partial charge in [0.05, 0.1) is 5.02 Å². The molecule has 0 aromatic heterocycles. The van der Waals surface area contributed by atoms with Crippen molar-refractivity contribution in [2.75, 3.05) is 0 Å². The molecule has 0 bridgehead atoms. The van der Waals surface area contributed by atoms with E-state index in [4.69, 9.17) is 11.6 Å². The summed E-state index contributed by atoms with van der Waals surface area (Å²) in [7, 11) is 0. The summed E-state index contributed by atoms with van der Waals surface area (Å²) in [4.78, 5) is 10.7. The van der Waals surface area contributed by atoms with E-state index in [0.29, 0.717) is 21.7 Å².